The molecule has 0 bridgehead atoms. The maximum Gasteiger partial charge on any atom is 0.224 e. The number of aromatic nitrogens is 4. The Kier molecular flexibility index (Phi) is 6.26. The number of hydrogen-bond donors (Lipinski definition) is 1. The molecular weight excluding hydrogens is 402 g/mol. The van der Waals surface area contributed by atoms with Crippen LogP contribution in [-0.2, 0) is 16.6 Å². The predicted molar refractivity (Wildman–Crippen MR) is 118 cm³/mol. The second-order valence-electron chi connectivity index (χ2n) is 9.02. The van der Waals surface area contributed by atoms with E-state index in [0.29, 0.717) is 31.0 Å². The van der Waals surface area contributed by atoms with E-state index in [9.17, 15) is 8.42 Å². The van der Waals surface area contributed by atoms with Gasteiger partial charge in [-0.05, 0) is 58.5 Å². The largest absolute Gasteiger partial charge is 0.351 e. The third-order valence-electron chi connectivity index (χ3n) is 6.61. The lowest BCUT2D eigenvalue weighted by Crippen LogP contribution is -2.42. The fourth-order valence-corrected chi connectivity index (χ4v) is 5.55. The van der Waals surface area contributed by atoms with Gasteiger partial charge in [0, 0.05) is 37.9 Å². The lowest BCUT2D eigenvalue weighted by molar-refractivity contribution is 0.182. The van der Waals surface area contributed by atoms with Crippen molar-refractivity contribution in [2.24, 2.45) is 5.92 Å². The van der Waals surface area contributed by atoms with Crippen molar-refractivity contribution in [1.82, 2.24) is 29.0 Å². The van der Waals surface area contributed by atoms with Crippen molar-refractivity contribution in [3.05, 3.63) is 12.4 Å². The zero-order chi connectivity index (χ0) is 21.3. The molecular formula is C20H33N7O2S. The molecule has 30 heavy (non-hydrogen) atoms. The predicted octanol–water partition coefficient (Wildman–Crippen LogP) is 1.78. The molecule has 9 nitrogen and oxygen atoms in total. The van der Waals surface area contributed by atoms with Gasteiger partial charge in [-0.2, -0.15) is 10.1 Å². The van der Waals surface area contributed by atoms with Gasteiger partial charge in [-0.3, -0.25) is 0 Å². The van der Waals surface area contributed by atoms with Crippen LogP contribution in [0.15, 0.2) is 12.4 Å². The Labute approximate surface area is 178 Å². The summed E-state index contributed by atoms with van der Waals surface area (Å²) in [6.45, 7) is 1.96. The third kappa shape index (κ3) is 4.92. The molecule has 4 rings (SSSR count). The minimum Gasteiger partial charge on any atom is -0.351 e. The van der Waals surface area contributed by atoms with Gasteiger partial charge < -0.3 is 10.2 Å². The van der Waals surface area contributed by atoms with Gasteiger partial charge in [0.1, 0.15) is 0 Å². The van der Waals surface area contributed by atoms with Crippen molar-refractivity contribution in [1.29, 1.82) is 0 Å². The van der Waals surface area contributed by atoms with E-state index in [4.69, 9.17) is 4.98 Å². The Morgan fingerprint density at radius 3 is 2.43 bits per heavy atom. The summed E-state index contributed by atoms with van der Waals surface area (Å²) in [5, 5.41) is 8.92. The van der Waals surface area contributed by atoms with Crippen molar-refractivity contribution >= 4 is 27.0 Å². The van der Waals surface area contributed by atoms with Crippen LogP contribution in [-0.4, -0.2) is 82.9 Å². The summed E-state index contributed by atoms with van der Waals surface area (Å²) in [4.78, 5) is 11.5. The number of anilines is 1. The first kappa shape index (κ1) is 21.5. The zero-order valence-electron chi connectivity index (χ0n) is 18.2. The first-order valence-corrected chi connectivity index (χ1v) is 12.7. The standard InChI is InChI=1S/C20H33N7O2S/c1-25(2)18-6-4-15(5-7-18)14-27-19-16(13-22-27)12-21-20(24-19)23-17-8-10-26(11-9-17)30(3,28)29/h12-13,15,17-18H,4-11,14H2,1-3H3,(H,21,23,24). The number of nitrogens with one attached hydrogen (secondary N) is 1. The Morgan fingerprint density at radius 1 is 1.10 bits per heavy atom. The highest BCUT2D eigenvalue weighted by atomic mass is 32.2. The van der Waals surface area contributed by atoms with Crippen LogP contribution < -0.4 is 5.32 Å². The van der Waals surface area contributed by atoms with Gasteiger partial charge in [0.25, 0.3) is 0 Å². The lowest BCUT2D eigenvalue weighted by Gasteiger charge is -2.32. The first-order valence-electron chi connectivity index (χ1n) is 10.9. The molecule has 2 aromatic rings. The highest BCUT2D eigenvalue weighted by molar-refractivity contribution is 7.88. The van der Waals surface area contributed by atoms with E-state index < -0.39 is 10.0 Å². The molecule has 1 saturated carbocycles. The summed E-state index contributed by atoms with van der Waals surface area (Å²) in [6.07, 6.45) is 11.4. The van der Waals surface area contributed by atoms with Crippen LogP contribution >= 0.6 is 0 Å². The average molecular weight is 436 g/mol. The van der Waals surface area contributed by atoms with E-state index in [2.05, 4.69) is 34.4 Å². The monoisotopic (exact) mass is 435 g/mol. The molecule has 3 heterocycles. The van der Waals surface area contributed by atoms with Crippen LogP contribution in [0.2, 0.25) is 0 Å². The van der Waals surface area contributed by atoms with Crippen LogP contribution in [0, 0.1) is 5.92 Å². The van der Waals surface area contributed by atoms with E-state index in [1.54, 1.807) is 0 Å². The molecule has 0 unspecified atom stereocenters. The van der Waals surface area contributed by atoms with Gasteiger partial charge in [-0.25, -0.2) is 22.4 Å². The quantitative estimate of drug-likeness (QED) is 0.739. The summed E-state index contributed by atoms with van der Waals surface area (Å²) >= 11 is 0. The Balaban J connectivity index is 1.39. The minimum atomic E-state index is -3.11. The Bertz CT molecular complexity index is 959. The fourth-order valence-electron chi connectivity index (χ4n) is 4.67. The van der Waals surface area contributed by atoms with Crippen molar-refractivity contribution in [3.8, 4) is 0 Å². The number of nitrogens with zero attached hydrogens (tertiary/aromatic N) is 6. The third-order valence-corrected chi connectivity index (χ3v) is 7.91. The van der Waals surface area contributed by atoms with Crippen LogP contribution in [0.1, 0.15) is 38.5 Å². The van der Waals surface area contributed by atoms with Crippen LogP contribution in [0.3, 0.4) is 0 Å². The summed E-state index contributed by atoms with van der Waals surface area (Å²) in [7, 11) is 1.23. The molecule has 1 saturated heterocycles. The maximum absolute atomic E-state index is 11.7. The van der Waals surface area contributed by atoms with E-state index in [-0.39, 0.29) is 6.04 Å². The molecule has 2 aromatic heterocycles. The van der Waals surface area contributed by atoms with Gasteiger partial charge in [-0.15, -0.1) is 0 Å². The van der Waals surface area contributed by atoms with Crippen LogP contribution in [0.25, 0.3) is 11.0 Å². The highest BCUT2D eigenvalue weighted by Gasteiger charge is 2.26. The topological polar surface area (TPSA) is 96.3 Å². The van der Waals surface area contributed by atoms with Gasteiger partial charge in [0.15, 0.2) is 5.65 Å². The summed E-state index contributed by atoms with van der Waals surface area (Å²) in [5.74, 6) is 1.23. The maximum atomic E-state index is 11.7. The van der Waals surface area contributed by atoms with Crippen LogP contribution in [0.4, 0.5) is 5.95 Å². The molecule has 1 aliphatic heterocycles. The van der Waals surface area contributed by atoms with Crippen molar-refractivity contribution < 1.29 is 8.42 Å². The molecule has 0 spiro atoms. The van der Waals surface area contributed by atoms with Crippen LogP contribution in [0.5, 0.6) is 0 Å². The van der Waals surface area contributed by atoms with Gasteiger partial charge >= 0.3 is 0 Å². The number of sulfonamides is 1. The number of piperidine rings is 1. The molecule has 1 N–H and O–H groups in total. The molecule has 2 aliphatic rings. The van der Waals surface area contributed by atoms with Gasteiger partial charge in [-0.1, -0.05) is 0 Å². The lowest BCUT2D eigenvalue weighted by atomic mass is 9.85. The average Bonchev–Trinajstić information content (AvgIpc) is 3.10. The van der Waals surface area contributed by atoms with Gasteiger partial charge in [0.2, 0.25) is 16.0 Å². The second kappa shape index (κ2) is 8.76. The molecule has 2 fully saturated rings. The molecule has 0 atom stereocenters. The Morgan fingerprint density at radius 2 is 1.80 bits per heavy atom. The van der Waals surface area contributed by atoms with E-state index in [1.165, 1.54) is 36.2 Å². The zero-order valence-corrected chi connectivity index (χ0v) is 19.0. The minimum absolute atomic E-state index is 0.179. The van der Waals surface area contributed by atoms with Gasteiger partial charge in [0.05, 0.1) is 17.8 Å². The SMILES string of the molecule is CN(C)C1CCC(Cn2ncc3cnc(NC4CCN(S(C)(=O)=O)CC4)nc32)CC1. The molecule has 0 amide bonds. The second-order valence-corrected chi connectivity index (χ2v) is 11.0. The first-order chi connectivity index (χ1) is 14.3. The summed E-state index contributed by atoms with van der Waals surface area (Å²) in [6, 6.07) is 0.876. The molecule has 0 aromatic carbocycles. The fraction of sp³-hybridized carbons (Fsp3) is 0.750. The van der Waals surface area contributed by atoms with Crippen molar-refractivity contribution in [2.75, 3.05) is 38.8 Å². The smallest absolute Gasteiger partial charge is 0.224 e. The molecule has 10 heteroatoms. The number of hydrogen-bond acceptors (Lipinski definition) is 7. The highest BCUT2D eigenvalue weighted by Crippen LogP contribution is 2.28. The normalized spacial score (nSPS) is 24.5. The summed E-state index contributed by atoms with van der Waals surface area (Å²) in [5.41, 5.74) is 0.871. The molecule has 1 aliphatic carbocycles. The van der Waals surface area contributed by atoms with E-state index in [0.717, 1.165) is 30.4 Å². The van der Waals surface area contributed by atoms with E-state index in [1.807, 2.05) is 17.1 Å². The Hall–Kier alpha value is -1.78. The summed E-state index contributed by atoms with van der Waals surface area (Å²) < 4.78 is 26.9. The van der Waals surface area contributed by atoms with Crippen molar-refractivity contribution in [3.63, 3.8) is 0 Å². The number of rotatable bonds is 6. The van der Waals surface area contributed by atoms with Crippen molar-refractivity contribution in [2.45, 2.75) is 57.2 Å². The molecule has 166 valence electrons. The van der Waals surface area contributed by atoms with E-state index >= 15 is 0 Å². The number of fused-ring (bicyclic) bond motifs is 1. The molecule has 0 radical (unpaired) electrons.